The molecule has 1 aliphatic rings. The van der Waals surface area contributed by atoms with Crippen molar-refractivity contribution in [2.75, 3.05) is 17.8 Å². The Labute approximate surface area is 156 Å². The molecule has 0 aromatic heterocycles. The summed E-state index contributed by atoms with van der Waals surface area (Å²) in [5.74, 6) is -0.157. The highest BCUT2D eigenvalue weighted by atomic mass is 35.5. The molecule has 0 saturated carbocycles. The average Bonchev–Trinajstić information content (AvgIpc) is 3.13. The molecular weight excluding hydrogens is 383 g/mol. The largest absolute Gasteiger partial charge is 0.339 e. The summed E-state index contributed by atoms with van der Waals surface area (Å²) in [5.41, 5.74) is 0.535. The van der Waals surface area contributed by atoms with Crippen LogP contribution in [0.2, 0.25) is 10.0 Å². The second-order valence-electron chi connectivity index (χ2n) is 5.73. The number of sulfonamides is 1. The van der Waals surface area contributed by atoms with E-state index in [0.29, 0.717) is 18.7 Å². The molecule has 1 N–H and O–H groups in total. The lowest BCUT2D eigenvalue weighted by Crippen LogP contribution is -2.27. The van der Waals surface area contributed by atoms with Crippen molar-refractivity contribution in [3.8, 4) is 0 Å². The van der Waals surface area contributed by atoms with Crippen molar-refractivity contribution in [1.82, 2.24) is 4.90 Å². The number of benzene rings is 2. The monoisotopic (exact) mass is 398 g/mol. The average molecular weight is 399 g/mol. The molecule has 0 atom stereocenters. The predicted octanol–water partition coefficient (Wildman–Crippen LogP) is 4.03. The lowest BCUT2D eigenvalue weighted by atomic mass is 10.2. The standard InChI is InChI=1S/C17H16Cl2N2O3S/c18-14-7-4-8-15(16(14)19)20-25(23,24)13-6-3-5-12(11-13)17(22)21-9-1-2-10-21/h3-8,11,20H,1-2,9-10H2. The molecule has 0 bridgehead atoms. The molecule has 1 saturated heterocycles. The Morgan fingerprint density at radius 1 is 1.04 bits per heavy atom. The molecule has 0 spiro atoms. The maximum atomic E-state index is 12.6. The zero-order valence-electron chi connectivity index (χ0n) is 13.2. The minimum absolute atomic E-state index is 0.00594. The summed E-state index contributed by atoms with van der Waals surface area (Å²) in [6.07, 6.45) is 1.94. The van der Waals surface area contributed by atoms with Gasteiger partial charge in [-0.25, -0.2) is 8.42 Å². The SMILES string of the molecule is O=C(c1cccc(S(=O)(=O)Nc2cccc(Cl)c2Cl)c1)N1CCCC1. The van der Waals surface area contributed by atoms with Crippen LogP contribution in [0, 0.1) is 0 Å². The van der Waals surface area contributed by atoms with Gasteiger partial charge in [-0.2, -0.15) is 0 Å². The van der Waals surface area contributed by atoms with Gasteiger partial charge < -0.3 is 4.90 Å². The second kappa shape index (κ2) is 7.23. The summed E-state index contributed by atoms with van der Waals surface area (Å²) in [5, 5.41) is 0.372. The number of amides is 1. The van der Waals surface area contributed by atoms with E-state index in [1.807, 2.05) is 0 Å². The Bertz CT molecular complexity index is 910. The van der Waals surface area contributed by atoms with Gasteiger partial charge in [0.25, 0.3) is 15.9 Å². The van der Waals surface area contributed by atoms with Gasteiger partial charge in [-0.3, -0.25) is 9.52 Å². The zero-order chi connectivity index (χ0) is 18.0. The molecule has 2 aromatic rings. The number of anilines is 1. The van der Waals surface area contributed by atoms with Crippen molar-refractivity contribution < 1.29 is 13.2 Å². The first-order valence-corrected chi connectivity index (χ1v) is 9.98. The Kier molecular flexibility index (Phi) is 5.22. The van der Waals surface area contributed by atoms with Crippen LogP contribution in [0.25, 0.3) is 0 Å². The van der Waals surface area contributed by atoms with Crippen LogP contribution in [-0.2, 0) is 10.0 Å². The highest BCUT2D eigenvalue weighted by molar-refractivity contribution is 7.92. The van der Waals surface area contributed by atoms with Crippen LogP contribution >= 0.6 is 23.2 Å². The summed E-state index contributed by atoms with van der Waals surface area (Å²) < 4.78 is 27.7. The Balaban J connectivity index is 1.88. The summed E-state index contributed by atoms with van der Waals surface area (Å²) >= 11 is 11.9. The van der Waals surface area contributed by atoms with E-state index in [1.165, 1.54) is 18.2 Å². The molecule has 0 radical (unpaired) electrons. The quantitative estimate of drug-likeness (QED) is 0.844. The van der Waals surface area contributed by atoms with Gasteiger partial charge in [-0.1, -0.05) is 35.3 Å². The molecule has 1 fully saturated rings. The molecule has 3 rings (SSSR count). The number of rotatable bonds is 4. The predicted molar refractivity (Wildman–Crippen MR) is 98.9 cm³/mol. The lowest BCUT2D eigenvalue weighted by Gasteiger charge is -2.16. The van der Waals surface area contributed by atoms with Crippen LogP contribution in [0.3, 0.4) is 0 Å². The maximum Gasteiger partial charge on any atom is 0.261 e. The Hall–Kier alpha value is -1.76. The molecule has 1 aliphatic heterocycles. The summed E-state index contributed by atoms with van der Waals surface area (Å²) in [4.78, 5) is 14.2. The number of hydrogen-bond donors (Lipinski definition) is 1. The van der Waals surface area contributed by atoms with E-state index in [1.54, 1.807) is 29.2 Å². The number of halogens is 2. The maximum absolute atomic E-state index is 12.6. The molecule has 8 heteroatoms. The molecule has 0 unspecified atom stereocenters. The number of nitrogens with zero attached hydrogens (tertiary/aromatic N) is 1. The van der Waals surface area contributed by atoms with Crippen molar-refractivity contribution in [3.63, 3.8) is 0 Å². The fourth-order valence-electron chi connectivity index (χ4n) is 2.69. The van der Waals surface area contributed by atoms with Crippen molar-refractivity contribution in [2.24, 2.45) is 0 Å². The molecule has 2 aromatic carbocycles. The zero-order valence-corrected chi connectivity index (χ0v) is 15.5. The molecule has 1 amide bonds. The highest BCUT2D eigenvalue weighted by Crippen LogP contribution is 2.31. The topological polar surface area (TPSA) is 66.5 Å². The van der Waals surface area contributed by atoms with Crippen LogP contribution in [0.5, 0.6) is 0 Å². The number of nitrogens with one attached hydrogen (secondary N) is 1. The van der Waals surface area contributed by atoms with Gasteiger partial charge in [0.1, 0.15) is 0 Å². The smallest absolute Gasteiger partial charge is 0.261 e. The molecule has 1 heterocycles. The molecule has 132 valence electrons. The normalized spacial score (nSPS) is 14.6. The van der Waals surface area contributed by atoms with Gasteiger partial charge in [0.05, 0.1) is 20.6 Å². The van der Waals surface area contributed by atoms with E-state index in [9.17, 15) is 13.2 Å². The van der Waals surface area contributed by atoms with Crippen molar-refractivity contribution in [1.29, 1.82) is 0 Å². The van der Waals surface area contributed by atoms with E-state index in [4.69, 9.17) is 23.2 Å². The van der Waals surface area contributed by atoms with Crippen LogP contribution in [-0.4, -0.2) is 32.3 Å². The highest BCUT2D eigenvalue weighted by Gasteiger charge is 2.22. The van der Waals surface area contributed by atoms with Crippen molar-refractivity contribution >= 4 is 44.8 Å². The van der Waals surface area contributed by atoms with Gasteiger partial charge >= 0.3 is 0 Å². The van der Waals surface area contributed by atoms with Crippen LogP contribution in [0.1, 0.15) is 23.2 Å². The first kappa shape index (κ1) is 18.0. The first-order valence-electron chi connectivity index (χ1n) is 7.75. The Morgan fingerprint density at radius 3 is 2.44 bits per heavy atom. The number of likely N-dealkylation sites (tertiary alicyclic amines) is 1. The third kappa shape index (κ3) is 3.92. The summed E-state index contributed by atoms with van der Waals surface area (Å²) in [6, 6.07) is 10.7. The molecular formula is C17H16Cl2N2O3S. The van der Waals surface area contributed by atoms with Crippen LogP contribution < -0.4 is 4.72 Å². The minimum atomic E-state index is -3.90. The van der Waals surface area contributed by atoms with Gasteiger partial charge in [-0.15, -0.1) is 0 Å². The van der Waals surface area contributed by atoms with E-state index in [2.05, 4.69) is 4.72 Å². The number of hydrogen-bond acceptors (Lipinski definition) is 3. The molecule has 25 heavy (non-hydrogen) atoms. The lowest BCUT2D eigenvalue weighted by molar-refractivity contribution is 0.0792. The molecule has 5 nitrogen and oxygen atoms in total. The molecule has 0 aliphatic carbocycles. The fraction of sp³-hybridized carbons (Fsp3) is 0.235. The second-order valence-corrected chi connectivity index (χ2v) is 8.20. The summed E-state index contributed by atoms with van der Waals surface area (Å²) in [6.45, 7) is 1.40. The third-order valence-electron chi connectivity index (χ3n) is 3.98. The first-order chi connectivity index (χ1) is 11.9. The van der Waals surface area contributed by atoms with Crippen molar-refractivity contribution in [2.45, 2.75) is 17.7 Å². The van der Waals surface area contributed by atoms with Gasteiger partial charge in [0, 0.05) is 18.7 Å². The number of carbonyl (C=O) groups is 1. The third-order valence-corrected chi connectivity index (χ3v) is 6.16. The fourth-order valence-corrected chi connectivity index (χ4v) is 4.21. The van der Waals surface area contributed by atoms with E-state index in [-0.39, 0.29) is 26.5 Å². The van der Waals surface area contributed by atoms with E-state index < -0.39 is 10.0 Å². The van der Waals surface area contributed by atoms with Crippen LogP contribution in [0.15, 0.2) is 47.4 Å². The van der Waals surface area contributed by atoms with E-state index >= 15 is 0 Å². The minimum Gasteiger partial charge on any atom is -0.339 e. The Morgan fingerprint density at radius 2 is 1.72 bits per heavy atom. The van der Waals surface area contributed by atoms with Gasteiger partial charge in [0.15, 0.2) is 0 Å². The van der Waals surface area contributed by atoms with Crippen LogP contribution in [0.4, 0.5) is 5.69 Å². The summed E-state index contributed by atoms with van der Waals surface area (Å²) in [7, 11) is -3.90. The van der Waals surface area contributed by atoms with Crippen molar-refractivity contribution in [3.05, 3.63) is 58.1 Å². The van der Waals surface area contributed by atoms with Gasteiger partial charge in [-0.05, 0) is 43.2 Å². The van der Waals surface area contributed by atoms with Gasteiger partial charge in [0.2, 0.25) is 0 Å². The van der Waals surface area contributed by atoms with E-state index in [0.717, 1.165) is 12.8 Å². The number of carbonyl (C=O) groups excluding carboxylic acids is 1.